The monoisotopic (exact) mass is 439 g/mol. The lowest BCUT2D eigenvalue weighted by Gasteiger charge is -2.31. The van der Waals surface area contributed by atoms with Gasteiger partial charge in [0, 0.05) is 31.6 Å². The SMILES string of the molecule is COc1c(C)cc(C(=O)C2CCCN(S(=O)(=O)c3c(C)nn(C)c3Cl)C2)cc1C. The van der Waals surface area contributed by atoms with Crippen LogP contribution in [-0.2, 0) is 17.1 Å². The number of carbonyl (C=O) groups excluding carboxylic acids is 1. The molecule has 3 rings (SSSR count). The van der Waals surface area contributed by atoms with Gasteiger partial charge in [0.15, 0.2) is 5.78 Å². The van der Waals surface area contributed by atoms with E-state index in [-0.39, 0.29) is 22.4 Å². The van der Waals surface area contributed by atoms with Gasteiger partial charge < -0.3 is 4.74 Å². The Bertz CT molecular complexity index is 1040. The molecule has 1 saturated heterocycles. The minimum atomic E-state index is -3.83. The van der Waals surface area contributed by atoms with Crippen LogP contribution in [0.1, 0.15) is 40.0 Å². The van der Waals surface area contributed by atoms with E-state index in [1.165, 1.54) is 8.99 Å². The number of nitrogens with zero attached hydrogens (tertiary/aromatic N) is 3. The lowest BCUT2D eigenvalue weighted by atomic mass is 9.89. The molecule has 1 aromatic carbocycles. The van der Waals surface area contributed by atoms with Gasteiger partial charge in [0.25, 0.3) is 0 Å². The predicted molar refractivity (Wildman–Crippen MR) is 111 cm³/mol. The third kappa shape index (κ3) is 3.93. The number of piperidine rings is 1. The molecule has 1 aromatic heterocycles. The van der Waals surface area contributed by atoms with E-state index < -0.39 is 15.9 Å². The van der Waals surface area contributed by atoms with Crippen molar-refractivity contribution in [2.45, 2.75) is 38.5 Å². The second kappa shape index (κ2) is 8.08. The van der Waals surface area contributed by atoms with Crippen LogP contribution in [0.4, 0.5) is 0 Å². The molecule has 0 saturated carbocycles. The van der Waals surface area contributed by atoms with Crippen molar-refractivity contribution in [2.24, 2.45) is 13.0 Å². The summed E-state index contributed by atoms with van der Waals surface area (Å²) in [6.07, 6.45) is 1.26. The molecule has 0 bridgehead atoms. The van der Waals surface area contributed by atoms with Crippen LogP contribution < -0.4 is 4.74 Å². The fraction of sp³-hybridized carbons (Fsp3) is 0.500. The summed E-state index contributed by atoms with van der Waals surface area (Å²) >= 11 is 6.19. The summed E-state index contributed by atoms with van der Waals surface area (Å²) in [5.74, 6) is 0.310. The molecule has 1 fully saturated rings. The van der Waals surface area contributed by atoms with E-state index in [1.807, 2.05) is 26.0 Å². The molecule has 1 aliphatic rings. The van der Waals surface area contributed by atoms with Crippen LogP contribution in [-0.4, -0.2) is 48.5 Å². The molecule has 0 spiro atoms. The van der Waals surface area contributed by atoms with E-state index >= 15 is 0 Å². The van der Waals surface area contributed by atoms with E-state index in [0.717, 1.165) is 16.9 Å². The second-order valence-corrected chi connectivity index (χ2v) is 9.77. The number of benzene rings is 1. The van der Waals surface area contributed by atoms with Gasteiger partial charge in [-0.15, -0.1) is 0 Å². The molecule has 158 valence electrons. The van der Waals surface area contributed by atoms with Crippen LogP contribution in [0, 0.1) is 26.7 Å². The molecule has 7 nitrogen and oxygen atoms in total. The Morgan fingerprint density at radius 1 is 1.24 bits per heavy atom. The quantitative estimate of drug-likeness (QED) is 0.667. The van der Waals surface area contributed by atoms with Gasteiger partial charge >= 0.3 is 0 Å². The molecular weight excluding hydrogens is 414 g/mol. The Hall–Kier alpha value is -1.90. The highest BCUT2D eigenvalue weighted by Crippen LogP contribution is 2.32. The van der Waals surface area contributed by atoms with Crippen LogP contribution in [0.5, 0.6) is 5.75 Å². The van der Waals surface area contributed by atoms with Gasteiger partial charge in [0.2, 0.25) is 10.0 Å². The van der Waals surface area contributed by atoms with Crippen molar-refractivity contribution in [3.05, 3.63) is 39.7 Å². The molecule has 0 amide bonds. The summed E-state index contributed by atoms with van der Waals surface area (Å²) in [4.78, 5) is 13.2. The van der Waals surface area contributed by atoms with Gasteiger partial charge in [-0.25, -0.2) is 8.42 Å². The normalized spacial score (nSPS) is 18.1. The van der Waals surface area contributed by atoms with Gasteiger partial charge in [-0.2, -0.15) is 9.40 Å². The standard InChI is InChI=1S/C20H26ClN3O4S/c1-12-9-16(10-13(2)18(12)28-5)17(25)15-7-6-8-24(11-15)29(26,27)19-14(3)22-23(4)20(19)21/h9-10,15H,6-8,11H2,1-5H3. The number of methoxy groups -OCH3 is 1. The van der Waals surface area contributed by atoms with Gasteiger partial charge in [-0.1, -0.05) is 11.6 Å². The van der Waals surface area contributed by atoms with Crippen LogP contribution >= 0.6 is 11.6 Å². The van der Waals surface area contributed by atoms with E-state index in [1.54, 1.807) is 21.1 Å². The molecule has 2 aromatic rings. The van der Waals surface area contributed by atoms with Crippen molar-refractivity contribution in [1.82, 2.24) is 14.1 Å². The van der Waals surface area contributed by atoms with Crippen molar-refractivity contribution < 1.29 is 17.9 Å². The predicted octanol–water partition coefficient (Wildman–Crippen LogP) is 3.29. The Labute approximate surface area is 176 Å². The van der Waals surface area contributed by atoms with Gasteiger partial charge in [0.05, 0.1) is 12.8 Å². The zero-order valence-corrected chi connectivity index (χ0v) is 18.9. The lowest BCUT2D eigenvalue weighted by Crippen LogP contribution is -2.42. The van der Waals surface area contributed by atoms with E-state index in [4.69, 9.17) is 16.3 Å². The first-order valence-electron chi connectivity index (χ1n) is 9.46. The third-order valence-corrected chi connectivity index (χ3v) is 7.96. The number of rotatable bonds is 5. The summed E-state index contributed by atoms with van der Waals surface area (Å²) < 4.78 is 34.5. The lowest BCUT2D eigenvalue weighted by molar-refractivity contribution is 0.0872. The largest absolute Gasteiger partial charge is 0.496 e. The van der Waals surface area contributed by atoms with Gasteiger partial charge in [-0.05, 0) is 56.9 Å². The molecule has 1 aliphatic heterocycles. The highest BCUT2D eigenvalue weighted by atomic mass is 35.5. The fourth-order valence-corrected chi connectivity index (χ4v) is 6.29. The van der Waals surface area contributed by atoms with Crippen LogP contribution in [0.25, 0.3) is 0 Å². The number of aromatic nitrogens is 2. The van der Waals surface area contributed by atoms with Crippen molar-refractivity contribution in [1.29, 1.82) is 0 Å². The van der Waals surface area contributed by atoms with Crippen molar-refractivity contribution >= 4 is 27.4 Å². The zero-order chi connectivity index (χ0) is 21.5. The van der Waals surface area contributed by atoms with Crippen LogP contribution in [0.3, 0.4) is 0 Å². The highest BCUT2D eigenvalue weighted by Gasteiger charge is 2.37. The molecule has 1 unspecified atom stereocenters. The van der Waals surface area contributed by atoms with Gasteiger partial charge in [0.1, 0.15) is 15.8 Å². The average molecular weight is 440 g/mol. The Morgan fingerprint density at radius 3 is 2.38 bits per heavy atom. The first-order chi connectivity index (χ1) is 13.6. The summed E-state index contributed by atoms with van der Waals surface area (Å²) in [6, 6.07) is 3.62. The number of ether oxygens (including phenoxy) is 1. The van der Waals surface area contributed by atoms with Crippen molar-refractivity contribution in [2.75, 3.05) is 20.2 Å². The molecule has 0 aliphatic carbocycles. The maximum atomic E-state index is 13.2. The number of ketones is 1. The molecule has 29 heavy (non-hydrogen) atoms. The topological polar surface area (TPSA) is 81.5 Å². The van der Waals surface area contributed by atoms with E-state index in [2.05, 4.69) is 5.10 Å². The minimum absolute atomic E-state index is 0.0194. The number of carbonyl (C=O) groups is 1. The van der Waals surface area contributed by atoms with Crippen molar-refractivity contribution in [3.8, 4) is 5.75 Å². The summed E-state index contributed by atoms with van der Waals surface area (Å²) in [7, 11) is -0.626. The maximum absolute atomic E-state index is 13.2. The maximum Gasteiger partial charge on any atom is 0.248 e. The summed E-state index contributed by atoms with van der Waals surface area (Å²) in [5.41, 5.74) is 2.70. The number of hydrogen-bond donors (Lipinski definition) is 0. The number of aryl methyl sites for hydroxylation is 4. The van der Waals surface area contributed by atoms with Crippen LogP contribution in [0.2, 0.25) is 5.15 Å². The van der Waals surface area contributed by atoms with Gasteiger partial charge in [-0.3, -0.25) is 9.48 Å². The molecule has 2 heterocycles. The number of hydrogen-bond acceptors (Lipinski definition) is 5. The first-order valence-corrected chi connectivity index (χ1v) is 11.3. The first kappa shape index (κ1) is 21.8. The molecule has 0 N–H and O–H groups in total. The summed E-state index contributed by atoms with van der Waals surface area (Å²) in [5, 5.41) is 4.19. The second-order valence-electron chi connectivity index (χ2n) is 7.54. The third-order valence-electron chi connectivity index (χ3n) is 5.40. The number of sulfonamides is 1. The smallest absolute Gasteiger partial charge is 0.248 e. The fourth-order valence-electron chi connectivity index (χ4n) is 4.06. The molecule has 0 radical (unpaired) electrons. The zero-order valence-electron chi connectivity index (χ0n) is 17.3. The Balaban J connectivity index is 1.88. The highest BCUT2D eigenvalue weighted by molar-refractivity contribution is 7.89. The molecule has 1 atom stereocenters. The van der Waals surface area contributed by atoms with E-state index in [0.29, 0.717) is 30.6 Å². The van der Waals surface area contributed by atoms with E-state index in [9.17, 15) is 13.2 Å². The average Bonchev–Trinajstić information content (AvgIpc) is 2.93. The van der Waals surface area contributed by atoms with Crippen molar-refractivity contribution in [3.63, 3.8) is 0 Å². The number of halogens is 1. The molecule has 9 heteroatoms. The molecular formula is C20H26ClN3O4S. The number of Topliss-reactive ketones (excluding diaryl/α,β-unsaturated/α-hetero) is 1. The van der Waals surface area contributed by atoms with Crippen LogP contribution in [0.15, 0.2) is 17.0 Å². The minimum Gasteiger partial charge on any atom is -0.496 e. The Kier molecular flexibility index (Phi) is 6.08. The summed E-state index contributed by atoms with van der Waals surface area (Å²) in [6.45, 7) is 5.91. The Morgan fingerprint density at radius 2 is 1.86 bits per heavy atom.